The molecule has 3 aliphatic rings. The molecule has 4 atom stereocenters. The van der Waals surface area contributed by atoms with Crippen molar-refractivity contribution < 1.29 is 37.9 Å². The van der Waals surface area contributed by atoms with Gasteiger partial charge in [0.1, 0.15) is 24.1 Å². The van der Waals surface area contributed by atoms with Gasteiger partial charge in [0.05, 0.1) is 32.4 Å². The van der Waals surface area contributed by atoms with Crippen LogP contribution in [-0.4, -0.2) is 63.9 Å². The molecule has 0 N–H and O–H groups in total. The Morgan fingerprint density at radius 3 is 2.06 bits per heavy atom. The summed E-state index contributed by atoms with van der Waals surface area (Å²) in [6, 6.07) is 3.70. The summed E-state index contributed by atoms with van der Waals surface area (Å²) in [6.07, 6.45) is -1.39. The zero-order valence-electron chi connectivity index (χ0n) is 18.8. The highest BCUT2D eigenvalue weighted by atomic mass is 79.9. The molecule has 3 saturated heterocycles. The lowest BCUT2D eigenvalue weighted by Crippen LogP contribution is -2.40. The van der Waals surface area contributed by atoms with E-state index >= 15 is 0 Å². The second-order valence-corrected chi connectivity index (χ2v) is 9.36. The van der Waals surface area contributed by atoms with Crippen LogP contribution in [0.5, 0.6) is 17.2 Å². The van der Waals surface area contributed by atoms with Gasteiger partial charge < -0.3 is 37.9 Å². The van der Waals surface area contributed by atoms with Gasteiger partial charge in [0.2, 0.25) is 5.75 Å². The summed E-state index contributed by atoms with van der Waals surface area (Å²) in [5.74, 6) is 0.807. The van der Waals surface area contributed by atoms with Gasteiger partial charge in [-0.1, -0.05) is 0 Å². The first kappa shape index (κ1) is 22.7. The fourth-order valence-corrected chi connectivity index (χ4v) is 4.75. The summed E-state index contributed by atoms with van der Waals surface area (Å²) in [7, 11) is 4.73. The van der Waals surface area contributed by atoms with Gasteiger partial charge in [-0.3, -0.25) is 0 Å². The van der Waals surface area contributed by atoms with Crippen LogP contribution < -0.4 is 14.2 Å². The third-order valence-electron chi connectivity index (χ3n) is 5.51. The quantitative estimate of drug-likeness (QED) is 0.603. The topological polar surface area (TPSA) is 73.8 Å². The lowest BCUT2D eigenvalue weighted by atomic mass is 10.0. The molecule has 31 heavy (non-hydrogen) atoms. The van der Waals surface area contributed by atoms with E-state index in [2.05, 4.69) is 15.9 Å². The summed E-state index contributed by atoms with van der Waals surface area (Å²) >= 11 is 3.71. The Balaban J connectivity index is 1.74. The zero-order valence-corrected chi connectivity index (χ0v) is 20.4. The Bertz CT molecular complexity index is 855. The smallest absolute Gasteiger partial charge is 0.203 e. The van der Waals surface area contributed by atoms with Gasteiger partial charge in [0, 0.05) is 0 Å². The highest BCUT2D eigenvalue weighted by Crippen LogP contribution is 2.48. The van der Waals surface area contributed by atoms with E-state index in [-0.39, 0.29) is 18.3 Å². The molecule has 0 aromatic heterocycles. The molecule has 3 fully saturated rings. The number of fused-ring (bicyclic) bond motifs is 1. The van der Waals surface area contributed by atoms with E-state index in [1.54, 1.807) is 21.3 Å². The summed E-state index contributed by atoms with van der Waals surface area (Å²) in [4.78, 5) is 0. The SMILES string of the molecule is COc1cc(/C(Br)=C2/O[C@@H]([C@H]3COC(C)(C)O3)[C@H]3OC(C)(C)O[C@@H]23)cc(OC)c1OC. The Hall–Kier alpha value is -1.52. The Morgan fingerprint density at radius 2 is 1.55 bits per heavy atom. The third-order valence-corrected chi connectivity index (χ3v) is 6.35. The summed E-state index contributed by atoms with van der Waals surface area (Å²) in [6.45, 7) is 7.97. The van der Waals surface area contributed by atoms with Gasteiger partial charge in [-0.25, -0.2) is 0 Å². The monoisotopic (exact) mass is 500 g/mol. The average molecular weight is 501 g/mol. The molecule has 172 valence electrons. The van der Waals surface area contributed by atoms with Crippen molar-refractivity contribution in [1.82, 2.24) is 0 Å². The van der Waals surface area contributed by atoms with Gasteiger partial charge in [-0.05, 0) is 61.3 Å². The van der Waals surface area contributed by atoms with Crippen molar-refractivity contribution in [1.29, 1.82) is 0 Å². The molecule has 9 heteroatoms. The van der Waals surface area contributed by atoms with Crippen molar-refractivity contribution in [2.24, 2.45) is 0 Å². The van der Waals surface area contributed by atoms with Crippen LogP contribution in [0.3, 0.4) is 0 Å². The summed E-state index contributed by atoms with van der Waals surface area (Å²) in [5.41, 5.74) is 0.793. The molecule has 0 saturated carbocycles. The van der Waals surface area contributed by atoms with Crippen molar-refractivity contribution in [3.8, 4) is 17.2 Å². The van der Waals surface area contributed by atoms with Crippen LogP contribution in [0.2, 0.25) is 0 Å². The predicted octanol–water partition coefficient (Wildman–Crippen LogP) is 3.85. The average Bonchev–Trinajstić information content (AvgIpc) is 3.35. The standard InChI is InChI=1S/C22H29BrO8/c1-21(2)27-10-14(29-21)17-19-20(31-22(3,4)30-19)18(28-17)15(23)11-8-12(24-5)16(26-7)13(9-11)25-6/h8-9,14,17,19-20H,10H2,1-7H3/b18-15-/t14-,17+,19-,20+/m1/s1. The van der Waals surface area contributed by atoms with E-state index < -0.39 is 17.7 Å². The van der Waals surface area contributed by atoms with E-state index in [0.717, 1.165) is 5.56 Å². The van der Waals surface area contributed by atoms with E-state index in [1.165, 1.54) is 0 Å². The molecular weight excluding hydrogens is 472 g/mol. The second kappa shape index (κ2) is 8.12. The van der Waals surface area contributed by atoms with E-state index in [1.807, 2.05) is 39.8 Å². The molecule has 4 rings (SSSR count). The van der Waals surface area contributed by atoms with Crippen LogP contribution in [0, 0.1) is 0 Å². The van der Waals surface area contributed by atoms with Gasteiger partial charge in [0.25, 0.3) is 0 Å². The number of halogens is 1. The maximum absolute atomic E-state index is 6.38. The second-order valence-electron chi connectivity index (χ2n) is 8.56. The van der Waals surface area contributed by atoms with Gasteiger partial charge in [-0.15, -0.1) is 0 Å². The largest absolute Gasteiger partial charge is 0.493 e. The molecule has 1 aromatic carbocycles. The van der Waals surface area contributed by atoms with Crippen LogP contribution in [0.25, 0.3) is 4.48 Å². The maximum atomic E-state index is 6.38. The number of hydrogen-bond donors (Lipinski definition) is 0. The number of methoxy groups -OCH3 is 3. The van der Waals surface area contributed by atoms with Gasteiger partial charge in [0.15, 0.2) is 29.2 Å². The Morgan fingerprint density at radius 1 is 0.903 bits per heavy atom. The lowest BCUT2D eigenvalue weighted by molar-refractivity contribution is -0.187. The normalized spacial score (nSPS) is 32.4. The van der Waals surface area contributed by atoms with Crippen molar-refractivity contribution in [2.45, 2.75) is 63.7 Å². The first-order chi connectivity index (χ1) is 14.6. The van der Waals surface area contributed by atoms with E-state index in [9.17, 15) is 0 Å². The van der Waals surface area contributed by atoms with Crippen molar-refractivity contribution >= 4 is 20.4 Å². The number of benzene rings is 1. The minimum Gasteiger partial charge on any atom is -0.493 e. The van der Waals surface area contributed by atoms with Crippen LogP contribution in [-0.2, 0) is 23.7 Å². The first-order valence-corrected chi connectivity index (χ1v) is 10.9. The lowest BCUT2D eigenvalue weighted by Gasteiger charge is -2.26. The molecule has 0 unspecified atom stereocenters. The van der Waals surface area contributed by atoms with Crippen LogP contribution in [0.4, 0.5) is 0 Å². The minimum absolute atomic E-state index is 0.280. The summed E-state index contributed by atoms with van der Waals surface area (Å²) in [5, 5.41) is 0. The molecule has 3 heterocycles. The molecule has 0 amide bonds. The van der Waals surface area contributed by atoms with Gasteiger partial charge >= 0.3 is 0 Å². The highest BCUT2D eigenvalue weighted by Gasteiger charge is 2.58. The van der Waals surface area contributed by atoms with Crippen LogP contribution in [0.1, 0.15) is 33.3 Å². The zero-order chi connectivity index (χ0) is 22.6. The number of rotatable bonds is 5. The Labute approximate surface area is 190 Å². The molecule has 0 spiro atoms. The van der Waals surface area contributed by atoms with E-state index in [0.29, 0.717) is 34.1 Å². The predicted molar refractivity (Wildman–Crippen MR) is 116 cm³/mol. The van der Waals surface area contributed by atoms with Crippen molar-refractivity contribution in [2.75, 3.05) is 27.9 Å². The fraction of sp³-hybridized carbons (Fsp3) is 0.636. The van der Waals surface area contributed by atoms with Gasteiger partial charge in [-0.2, -0.15) is 0 Å². The molecule has 8 nitrogen and oxygen atoms in total. The minimum atomic E-state index is -0.750. The van der Waals surface area contributed by atoms with Crippen LogP contribution >= 0.6 is 15.9 Å². The summed E-state index contributed by atoms with van der Waals surface area (Å²) < 4.78 is 47.8. The molecular formula is C22H29BrO8. The molecule has 0 aliphatic carbocycles. The molecule has 0 bridgehead atoms. The third kappa shape index (κ3) is 4.14. The molecule has 1 aromatic rings. The Kier molecular flexibility index (Phi) is 5.93. The number of hydrogen-bond acceptors (Lipinski definition) is 8. The molecule has 0 radical (unpaired) electrons. The van der Waals surface area contributed by atoms with Crippen LogP contribution in [0.15, 0.2) is 17.9 Å². The highest BCUT2D eigenvalue weighted by molar-refractivity contribution is 9.15. The maximum Gasteiger partial charge on any atom is 0.203 e. The van der Waals surface area contributed by atoms with Crippen molar-refractivity contribution in [3.63, 3.8) is 0 Å². The number of ether oxygens (including phenoxy) is 8. The first-order valence-electron chi connectivity index (χ1n) is 10.1. The fourth-order valence-electron chi connectivity index (χ4n) is 4.20. The molecule has 3 aliphatic heterocycles. The van der Waals surface area contributed by atoms with Crippen molar-refractivity contribution in [3.05, 3.63) is 23.5 Å². The van der Waals surface area contributed by atoms with E-state index in [4.69, 9.17) is 37.9 Å².